The molecule has 0 saturated heterocycles. The van der Waals surface area contributed by atoms with Crippen LogP contribution in [0.2, 0.25) is 0 Å². The Morgan fingerprint density at radius 3 is 2.70 bits per heavy atom. The zero-order chi connectivity index (χ0) is 13.5. The molecule has 4 rings (SSSR count). The Bertz CT molecular complexity index is 495. The maximum atomic E-state index is 12.1. The molecule has 0 spiro atoms. The summed E-state index contributed by atoms with van der Waals surface area (Å²) >= 11 is 0. The molecular weight excluding hydrogens is 248 g/mol. The Hall–Kier alpha value is -1.31. The van der Waals surface area contributed by atoms with Crippen LogP contribution in [0.15, 0.2) is 30.3 Å². The number of hydrogen-bond donors (Lipinski definition) is 0. The summed E-state index contributed by atoms with van der Waals surface area (Å²) in [6.45, 7) is 0. The van der Waals surface area contributed by atoms with Crippen molar-refractivity contribution in [1.29, 1.82) is 0 Å². The Labute approximate surface area is 120 Å². The zero-order valence-electron chi connectivity index (χ0n) is 11.8. The predicted octanol–water partition coefficient (Wildman–Crippen LogP) is 3.60. The molecular formula is C18H22O2. The minimum atomic E-state index is -0.0386. The van der Waals surface area contributed by atoms with Gasteiger partial charge in [0.2, 0.25) is 0 Å². The highest BCUT2D eigenvalue weighted by atomic mass is 16.5. The van der Waals surface area contributed by atoms with Gasteiger partial charge >= 0.3 is 5.97 Å². The van der Waals surface area contributed by atoms with Gasteiger partial charge in [-0.1, -0.05) is 36.8 Å². The fourth-order valence-electron chi connectivity index (χ4n) is 5.11. The fourth-order valence-corrected chi connectivity index (χ4v) is 5.11. The highest BCUT2D eigenvalue weighted by Crippen LogP contribution is 2.59. The van der Waals surface area contributed by atoms with Crippen molar-refractivity contribution < 1.29 is 9.53 Å². The molecule has 2 bridgehead atoms. The molecule has 2 heteroatoms. The molecule has 106 valence electrons. The van der Waals surface area contributed by atoms with Crippen molar-refractivity contribution in [2.24, 2.45) is 23.7 Å². The number of fused-ring (bicyclic) bond motifs is 5. The molecule has 0 aromatic heterocycles. The van der Waals surface area contributed by atoms with Crippen LogP contribution in [0.3, 0.4) is 0 Å². The Kier molecular flexibility index (Phi) is 3.05. The smallest absolute Gasteiger partial charge is 0.310 e. The van der Waals surface area contributed by atoms with Crippen LogP contribution in [-0.2, 0) is 16.0 Å². The normalized spacial score (nSPS) is 37.9. The molecule has 1 aromatic carbocycles. The quantitative estimate of drug-likeness (QED) is 0.784. The zero-order valence-corrected chi connectivity index (χ0v) is 11.8. The molecule has 3 saturated carbocycles. The van der Waals surface area contributed by atoms with E-state index in [1.54, 1.807) is 0 Å². The molecule has 20 heavy (non-hydrogen) atoms. The van der Waals surface area contributed by atoms with E-state index in [0.717, 1.165) is 29.7 Å². The van der Waals surface area contributed by atoms with Crippen LogP contribution >= 0.6 is 0 Å². The lowest BCUT2D eigenvalue weighted by Gasteiger charge is -2.31. The van der Waals surface area contributed by atoms with Gasteiger partial charge in [0.1, 0.15) is 6.10 Å². The lowest BCUT2D eigenvalue weighted by Crippen LogP contribution is -2.32. The van der Waals surface area contributed by atoms with E-state index < -0.39 is 0 Å². The second kappa shape index (κ2) is 4.91. The summed E-state index contributed by atoms with van der Waals surface area (Å²) < 4.78 is 5.82. The first-order valence-corrected chi connectivity index (χ1v) is 8.04. The van der Waals surface area contributed by atoms with Crippen molar-refractivity contribution in [3.8, 4) is 0 Å². The van der Waals surface area contributed by atoms with Gasteiger partial charge < -0.3 is 4.74 Å². The first-order chi connectivity index (χ1) is 9.81. The van der Waals surface area contributed by atoms with Crippen molar-refractivity contribution >= 4 is 5.97 Å². The standard InChI is InChI=1S/C18H22O2/c19-18(9-12-5-2-1-3-6-12)20-17-11-13-10-16(17)15-8-4-7-14(13)15/h1-3,5-6,13-17H,4,7-11H2/t13-,14+,15-,16+,17+/m0/s1. The lowest BCUT2D eigenvalue weighted by molar-refractivity contribution is -0.152. The molecule has 2 nitrogen and oxygen atoms in total. The average molecular weight is 270 g/mol. The number of ether oxygens (including phenoxy) is 1. The number of carbonyl (C=O) groups excluding carboxylic acids is 1. The van der Waals surface area contributed by atoms with Crippen molar-refractivity contribution in [3.05, 3.63) is 35.9 Å². The van der Waals surface area contributed by atoms with E-state index in [1.165, 1.54) is 25.7 Å². The molecule has 0 N–H and O–H groups in total. The number of rotatable bonds is 3. The topological polar surface area (TPSA) is 26.3 Å². The van der Waals surface area contributed by atoms with Gasteiger partial charge in [0.15, 0.2) is 0 Å². The molecule has 1 aromatic rings. The van der Waals surface area contributed by atoms with Gasteiger partial charge in [-0.2, -0.15) is 0 Å². The van der Waals surface area contributed by atoms with Gasteiger partial charge in [0, 0.05) is 0 Å². The van der Waals surface area contributed by atoms with Crippen molar-refractivity contribution in [2.75, 3.05) is 0 Å². The first kappa shape index (κ1) is 12.4. The van der Waals surface area contributed by atoms with E-state index in [2.05, 4.69) is 0 Å². The van der Waals surface area contributed by atoms with Crippen molar-refractivity contribution in [3.63, 3.8) is 0 Å². The summed E-state index contributed by atoms with van der Waals surface area (Å²) in [5.41, 5.74) is 1.05. The summed E-state index contributed by atoms with van der Waals surface area (Å²) in [5, 5.41) is 0. The van der Waals surface area contributed by atoms with E-state index in [1.807, 2.05) is 30.3 Å². The van der Waals surface area contributed by atoms with Crippen LogP contribution < -0.4 is 0 Å². The summed E-state index contributed by atoms with van der Waals surface area (Å²) in [6.07, 6.45) is 7.28. The average Bonchev–Trinajstić information content (AvgIpc) is 3.11. The summed E-state index contributed by atoms with van der Waals surface area (Å²) in [4.78, 5) is 12.1. The highest BCUT2D eigenvalue weighted by Gasteiger charge is 2.55. The molecule has 3 fully saturated rings. The summed E-state index contributed by atoms with van der Waals surface area (Å²) in [7, 11) is 0. The lowest BCUT2D eigenvalue weighted by atomic mass is 9.80. The van der Waals surface area contributed by atoms with Gasteiger partial charge in [-0.05, 0) is 54.9 Å². The van der Waals surface area contributed by atoms with E-state index in [4.69, 9.17) is 4.74 Å². The van der Waals surface area contributed by atoms with Gasteiger partial charge in [0.05, 0.1) is 6.42 Å². The fraction of sp³-hybridized carbons (Fsp3) is 0.611. The third-order valence-electron chi connectivity index (χ3n) is 5.84. The Morgan fingerprint density at radius 1 is 1.05 bits per heavy atom. The summed E-state index contributed by atoms with van der Waals surface area (Å²) in [5.74, 6) is 3.31. The molecule has 0 heterocycles. The second-order valence-electron chi connectivity index (χ2n) is 6.84. The van der Waals surface area contributed by atoms with Crippen LogP contribution in [0.5, 0.6) is 0 Å². The van der Waals surface area contributed by atoms with Gasteiger partial charge in [-0.3, -0.25) is 4.79 Å². The van der Waals surface area contributed by atoms with Crippen molar-refractivity contribution in [2.45, 2.75) is 44.6 Å². The van der Waals surface area contributed by atoms with Crippen molar-refractivity contribution in [1.82, 2.24) is 0 Å². The minimum Gasteiger partial charge on any atom is -0.462 e. The Morgan fingerprint density at radius 2 is 1.85 bits per heavy atom. The van der Waals surface area contributed by atoms with E-state index in [-0.39, 0.29) is 12.1 Å². The molecule has 0 radical (unpaired) electrons. The van der Waals surface area contributed by atoms with Crippen LogP contribution in [0.25, 0.3) is 0 Å². The third kappa shape index (κ3) is 2.06. The van der Waals surface area contributed by atoms with Gasteiger partial charge in [-0.15, -0.1) is 0 Å². The maximum absolute atomic E-state index is 12.1. The molecule has 0 unspecified atom stereocenters. The van der Waals surface area contributed by atoms with Gasteiger partial charge in [-0.25, -0.2) is 0 Å². The van der Waals surface area contributed by atoms with Gasteiger partial charge in [0.25, 0.3) is 0 Å². The van der Waals surface area contributed by atoms with Crippen LogP contribution in [0, 0.1) is 23.7 Å². The second-order valence-corrected chi connectivity index (χ2v) is 6.84. The number of carbonyl (C=O) groups is 1. The van der Waals surface area contributed by atoms with Crippen LogP contribution in [0.4, 0.5) is 0 Å². The number of hydrogen-bond acceptors (Lipinski definition) is 2. The molecule has 3 aliphatic carbocycles. The van der Waals surface area contributed by atoms with E-state index >= 15 is 0 Å². The third-order valence-corrected chi connectivity index (χ3v) is 5.84. The van der Waals surface area contributed by atoms with E-state index in [0.29, 0.717) is 12.3 Å². The SMILES string of the molecule is O=C(Cc1ccccc1)O[C@@H]1C[C@@H]2C[C@@H]1[C@H]1CCC[C@H]21. The monoisotopic (exact) mass is 270 g/mol. The summed E-state index contributed by atoms with van der Waals surface area (Å²) in [6, 6.07) is 9.92. The highest BCUT2D eigenvalue weighted by molar-refractivity contribution is 5.72. The van der Waals surface area contributed by atoms with Crippen LogP contribution in [0.1, 0.15) is 37.7 Å². The first-order valence-electron chi connectivity index (χ1n) is 8.04. The number of esters is 1. The largest absolute Gasteiger partial charge is 0.462 e. The Balaban J connectivity index is 1.37. The molecule has 0 aliphatic heterocycles. The maximum Gasteiger partial charge on any atom is 0.310 e. The number of benzene rings is 1. The van der Waals surface area contributed by atoms with E-state index in [9.17, 15) is 4.79 Å². The van der Waals surface area contributed by atoms with Crippen LogP contribution in [-0.4, -0.2) is 12.1 Å². The molecule has 0 amide bonds. The predicted molar refractivity (Wildman–Crippen MR) is 77.1 cm³/mol. The molecule has 5 atom stereocenters. The molecule has 3 aliphatic rings. The minimum absolute atomic E-state index is 0.0386.